The molecule has 0 bridgehead atoms. The van der Waals surface area contributed by atoms with E-state index in [4.69, 9.17) is 5.26 Å². The average molecular weight is 223 g/mol. The van der Waals surface area contributed by atoms with Crippen LogP contribution in [0.5, 0.6) is 0 Å². The molecule has 0 fully saturated rings. The van der Waals surface area contributed by atoms with Crippen LogP contribution in [0.3, 0.4) is 0 Å². The van der Waals surface area contributed by atoms with Crippen LogP contribution in [0.4, 0.5) is 0 Å². The van der Waals surface area contributed by atoms with E-state index in [1.54, 1.807) is 36.4 Å². The van der Waals surface area contributed by atoms with Crippen molar-refractivity contribution in [2.45, 2.75) is 0 Å². The fraction of sp³-hybridized carbons (Fsp3) is 0. The van der Waals surface area contributed by atoms with E-state index in [-0.39, 0.29) is 0 Å². The van der Waals surface area contributed by atoms with Gasteiger partial charge in [-0.3, -0.25) is 0 Å². The molecule has 0 radical (unpaired) electrons. The lowest BCUT2D eigenvalue weighted by Gasteiger charge is -2.08. The highest BCUT2D eigenvalue weighted by atomic mass is 16.4. The molecule has 0 atom stereocenters. The normalized spacial score (nSPS) is 9.71. The molecule has 4 heteroatoms. The Kier molecular flexibility index (Phi) is 3.24. The molecule has 0 amide bonds. The molecular weight excluding hydrogens is 213 g/mol. The zero-order valence-electron chi connectivity index (χ0n) is 9.04. The summed E-state index contributed by atoms with van der Waals surface area (Å²) in [5.74, 6) is 0. The summed E-state index contributed by atoms with van der Waals surface area (Å²) in [4.78, 5) is 0. The molecule has 0 aliphatic rings. The summed E-state index contributed by atoms with van der Waals surface area (Å²) in [6.07, 6.45) is 0. The van der Waals surface area contributed by atoms with Gasteiger partial charge in [0.25, 0.3) is 0 Å². The van der Waals surface area contributed by atoms with E-state index in [0.29, 0.717) is 11.0 Å². The Morgan fingerprint density at radius 3 is 2.18 bits per heavy atom. The first-order chi connectivity index (χ1) is 8.22. The second-order valence-corrected chi connectivity index (χ2v) is 3.65. The number of rotatable bonds is 2. The third-order valence-electron chi connectivity index (χ3n) is 2.56. The maximum Gasteiger partial charge on any atom is 0.489 e. The van der Waals surface area contributed by atoms with E-state index in [1.807, 2.05) is 18.2 Å². The average Bonchev–Trinajstić information content (AvgIpc) is 2.39. The van der Waals surface area contributed by atoms with Crippen molar-refractivity contribution < 1.29 is 10.0 Å². The van der Waals surface area contributed by atoms with Crippen molar-refractivity contribution in [3.8, 4) is 17.2 Å². The Morgan fingerprint density at radius 1 is 0.941 bits per heavy atom. The molecular formula is C13H10BNO2. The SMILES string of the molecule is N#Cc1ccc(-c2ccccc2B(O)O)cc1. The highest BCUT2D eigenvalue weighted by molar-refractivity contribution is 6.60. The van der Waals surface area contributed by atoms with E-state index < -0.39 is 7.12 Å². The largest absolute Gasteiger partial charge is 0.489 e. The van der Waals surface area contributed by atoms with Gasteiger partial charge in [0.15, 0.2) is 0 Å². The van der Waals surface area contributed by atoms with Gasteiger partial charge in [-0.05, 0) is 28.7 Å². The number of benzene rings is 2. The van der Waals surface area contributed by atoms with E-state index >= 15 is 0 Å². The Bertz CT molecular complexity index is 558. The van der Waals surface area contributed by atoms with Gasteiger partial charge in [-0.2, -0.15) is 5.26 Å². The fourth-order valence-corrected chi connectivity index (χ4v) is 1.71. The zero-order chi connectivity index (χ0) is 12.3. The van der Waals surface area contributed by atoms with Gasteiger partial charge in [-0.15, -0.1) is 0 Å². The van der Waals surface area contributed by atoms with Crippen LogP contribution in [-0.2, 0) is 0 Å². The van der Waals surface area contributed by atoms with E-state index in [2.05, 4.69) is 0 Å². The molecule has 0 heterocycles. The summed E-state index contributed by atoms with van der Waals surface area (Å²) in [6.45, 7) is 0. The van der Waals surface area contributed by atoms with Crippen LogP contribution in [-0.4, -0.2) is 17.2 Å². The number of nitrogens with zero attached hydrogens (tertiary/aromatic N) is 1. The molecule has 0 saturated heterocycles. The fourth-order valence-electron chi connectivity index (χ4n) is 1.71. The van der Waals surface area contributed by atoms with Crippen LogP contribution in [0.15, 0.2) is 48.5 Å². The maximum atomic E-state index is 9.27. The van der Waals surface area contributed by atoms with Gasteiger partial charge in [-0.25, -0.2) is 0 Å². The summed E-state index contributed by atoms with van der Waals surface area (Å²) < 4.78 is 0. The molecule has 0 aromatic heterocycles. The van der Waals surface area contributed by atoms with Gasteiger partial charge in [0, 0.05) is 0 Å². The highest BCUT2D eigenvalue weighted by Gasteiger charge is 2.15. The Balaban J connectivity index is 2.49. The standard InChI is InChI=1S/C13H10BNO2/c15-9-10-5-7-11(8-6-10)12-3-1-2-4-13(12)14(16)17/h1-8,16-17H. The Labute approximate surface area is 99.7 Å². The van der Waals surface area contributed by atoms with Crippen molar-refractivity contribution in [3.05, 3.63) is 54.1 Å². The van der Waals surface area contributed by atoms with Crippen molar-refractivity contribution in [1.29, 1.82) is 5.26 Å². The van der Waals surface area contributed by atoms with Crippen LogP contribution in [0, 0.1) is 11.3 Å². The molecule has 17 heavy (non-hydrogen) atoms. The van der Waals surface area contributed by atoms with Crippen LogP contribution >= 0.6 is 0 Å². The third kappa shape index (κ3) is 2.36. The summed E-state index contributed by atoms with van der Waals surface area (Å²) in [5, 5.41) is 27.3. The van der Waals surface area contributed by atoms with Gasteiger partial charge in [0.1, 0.15) is 0 Å². The predicted molar refractivity (Wildman–Crippen MR) is 66.4 cm³/mol. The minimum absolute atomic E-state index is 0.456. The van der Waals surface area contributed by atoms with Crippen molar-refractivity contribution in [2.75, 3.05) is 0 Å². The summed E-state index contributed by atoms with van der Waals surface area (Å²) >= 11 is 0. The zero-order valence-corrected chi connectivity index (χ0v) is 9.04. The number of hydrogen-bond donors (Lipinski definition) is 2. The minimum Gasteiger partial charge on any atom is -0.423 e. The molecule has 2 aromatic rings. The highest BCUT2D eigenvalue weighted by Crippen LogP contribution is 2.17. The summed E-state index contributed by atoms with van der Waals surface area (Å²) in [6, 6.07) is 16.1. The van der Waals surface area contributed by atoms with Crippen molar-refractivity contribution >= 4 is 12.6 Å². The third-order valence-corrected chi connectivity index (χ3v) is 2.56. The van der Waals surface area contributed by atoms with Crippen molar-refractivity contribution in [1.82, 2.24) is 0 Å². The summed E-state index contributed by atoms with van der Waals surface area (Å²) in [5.41, 5.74) is 2.65. The lowest BCUT2D eigenvalue weighted by atomic mass is 9.75. The molecule has 2 rings (SSSR count). The minimum atomic E-state index is -1.50. The van der Waals surface area contributed by atoms with Crippen LogP contribution in [0.1, 0.15) is 5.56 Å². The topological polar surface area (TPSA) is 64.2 Å². The molecule has 0 saturated carbocycles. The molecule has 0 aliphatic carbocycles. The predicted octanol–water partition coefficient (Wildman–Crippen LogP) is 0.905. The van der Waals surface area contributed by atoms with Crippen LogP contribution < -0.4 is 5.46 Å². The molecule has 82 valence electrons. The number of hydrogen-bond acceptors (Lipinski definition) is 3. The van der Waals surface area contributed by atoms with Gasteiger partial charge in [-0.1, -0.05) is 36.4 Å². The molecule has 0 aliphatic heterocycles. The molecule has 2 N–H and O–H groups in total. The van der Waals surface area contributed by atoms with Gasteiger partial charge in [0.2, 0.25) is 0 Å². The van der Waals surface area contributed by atoms with E-state index in [9.17, 15) is 10.0 Å². The quantitative estimate of drug-likeness (QED) is 0.743. The first-order valence-electron chi connectivity index (χ1n) is 5.18. The second-order valence-electron chi connectivity index (χ2n) is 3.65. The first-order valence-corrected chi connectivity index (χ1v) is 5.18. The Morgan fingerprint density at radius 2 is 1.59 bits per heavy atom. The van der Waals surface area contributed by atoms with E-state index in [1.165, 1.54) is 0 Å². The molecule has 0 spiro atoms. The van der Waals surface area contributed by atoms with Gasteiger partial charge in [0.05, 0.1) is 11.6 Å². The molecule has 2 aromatic carbocycles. The van der Waals surface area contributed by atoms with Gasteiger partial charge >= 0.3 is 7.12 Å². The van der Waals surface area contributed by atoms with Gasteiger partial charge < -0.3 is 10.0 Å². The first kappa shape index (κ1) is 11.4. The molecule has 0 unspecified atom stereocenters. The second kappa shape index (κ2) is 4.83. The smallest absolute Gasteiger partial charge is 0.423 e. The molecule has 3 nitrogen and oxygen atoms in total. The summed E-state index contributed by atoms with van der Waals surface area (Å²) in [7, 11) is -1.50. The van der Waals surface area contributed by atoms with Crippen LogP contribution in [0.2, 0.25) is 0 Å². The van der Waals surface area contributed by atoms with Crippen molar-refractivity contribution in [3.63, 3.8) is 0 Å². The van der Waals surface area contributed by atoms with Crippen molar-refractivity contribution in [2.24, 2.45) is 0 Å². The lowest BCUT2D eigenvalue weighted by Crippen LogP contribution is -2.31. The van der Waals surface area contributed by atoms with E-state index in [0.717, 1.165) is 11.1 Å². The number of nitriles is 1. The Hall–Kier alpha value is -2.09. The monoisotopic (exact) mass is 223 g/mol. The lowest BCUT2D eigenvalue weighted by molar-refractivity contribution is 0.426. The van der Waals surface area contributed by atoms with Crippen LogP contribution in [0.25, 0.3) is 11.1 Å². The maximum absolute atomic E-state index is 9.27.